The molecule has 0 radical (unpaired) electrons. The van der Waals surface area contributed by atoms with Crippen LogP contribution >= 0.6 is 0 Å². The minimum atomic E-state index is -4.37. The monoisotopic (exact) mass is 401 g/mol. The standard InChI is InChI=1S/C22H22F3N3O/c1-14-6-9-20-26-18(11-21(29)28(20)12-14)13-27(19-7-8-19)15(2)16-4-3-5-17(10-16)22(23,24)25/h3-6,9-12,15,19H,7-8,13H2,1-2H3. The number of benzene rings is 1. The molecule has 1 fully saturated rings. The Labute approximate surface area is 166 Å². The second-order valence-electron chi connectivity index (χ2n) is 7.72. The summed E-state index contributed by atoms with van der Waals surface area (Å²) in [4.78, 5) is 19.2. The number of fused-ring (bicyclic) bond motifs is 1. The second-order valence-corrected chi connectivity index (χ2v) is 7.72. The van der Waals surface area contributed by atoms with E-state index in [-0.39, 0.29) is 17.6 Å². The molecule has 0 amide bonds. The number of hydrogen-bond acceptors (Lipinski definition) is 3. The maximum absolute atomic E-state index is 13.1. The van der Waals surface area contributed by atoms with Crippen LogP contribution in [0.25, 0.3) is 5.65 Å². The van der Waals surface area contributed by atoms with E-state index in [2.05, 4.69) is 9.88 Å². The molecule has 0 bridgehead atoms. The van der Waals surface area contributed by atoms with Gasteiger partial charge in [0.2, 0.25) is 0 Å². The van der Waals surface area contributed by atoms with Crippen LogP contribution in [-0.2, 0) is 12.7 Å². The van der Waals surface area contributed by atoms with Crippen LogP contribution < -0.4 is 5.56 Å². The third kappa shape index (κ3) is 4.19. The first kappa shape index (κ1) is 19.6. The van der Waals surface area contributed by atoms with Crippen LogP contribution in [0, 0.1) is 6.92 Å². The topological polar surface area (TPSA) is 37.6 Å². The molecule has 4 nitrogen and oxygen atoms in total. The third-order valence-electron chi connectivity index (χ3n) is 5.41. The van der Waals surface area contributed by atoms with Gasteiger partial charge in [-0.1, -0.05) is 18.2 Å². The highest BCUT2D eigenvalue weighted by atomic mass is 19.4. The van der Waals surface area contributed by atoms with Crippen LogP contribution in [0.1, 0.15) is 48.2 Å². The molecule has 4 rings (SSSR count). The minimum absolute atomic E-state index is 0.156. The van der Waals surface area contributed by atoms with Crippen molar-refractivity contribution in [1.82, 2.24) is 14.3 Å². The Balaban J connectivity index is 1.65. The number of aryl methyl sites for hydroxylation is 1. The van der Waals surface area contributed by atoms with Crippen LogP contribution in [0.5, 0.6) is 0 Å². The summed E-state index contributed by atoms with van der Waals surface area (Å²) < 4.78 is 40.8. The van der Waals surface area contributed by atoms with E-state index < -0.39 is 11.7 Å². The quantitative estimate of drug-likeness (QED) is 0.619. The lowest BCUT2D eigenvalue weighted by molar-refractivity contribution is -0.137. The van der Waals surface area contributed by atoms with Gasteiger partial charge in [-0.05, 0) is 56.0 Å². The molecule has 0 saturated heterocycles. The summed E-state index contributed by atoms with van der Waals surface area (Å²) in [7, 11) is 0. The van der Waals surface area contributed by atoms with E-state index in [1.54, 1.807) is 18.3 Å². The predicted molar refractivity (Wildman–Crippen MR) is 105 cm³/mol. The maximum atomic E-state index is 13.1. The molecule has 1 unspecified atom stereocenters. The molecule has 1 aliphatic carbocycles. The van der Waals surface area contributed by atoms with Crippen LogP contribution in [0.3, 0.4) is 0 Å². The highest BCUT2D eigenvalue weighted by Gasteiger charge is 2.35. The van der Waals surface area contributed by atoms with Crippen LogP contribution in [0.15, 0.2) is 53.5 Å². The highest BCUT2D eigenvalue weighted by Crippen LogP contribution is 2.37. The van der Waals surface area contributed by atoms with Crippen molar-refractivity contribution >= 4 is 5.65 Å². The summed E-state index contributed by atoms with van der Waals surface area (Å²) in [6.07, 6.45) is -0.630. The van der Waals surface area contributed by atoms with E-state index >= 15 is 0 Å². The van der Waals surface area contributed by atoms with Crippen molar-refractivity contribution < 1.29 is 13.2 Å². The van der Waals surface area contributed by atoms with Crippen molar-refractivity contribution in [1.29, 1.82) is 0 Å². The SMILES string of the molecule is Cc1ccc2nc(CN(C3CC3)C(C)c3cccc(C(F)(F)F)c3)cc(=O)n2c1. The molecule has 7 heteroatoms. The first-order chi connectivity index (χ1) is 13.7. The molecule has 1 atom stereocenters. The van der Waals surface area contributed by atoms with Crippen molar-refractivity contribution in [3.63, 3.8) is 0 Å². The summed E-state index contributed by atoms with van der Waals surface area (Å²) in [6, 6.07) is 10.8. The van der Waals surface area contributed by atoms with Gasteiger partial charge in [0.25, 0.3) is 5.56 Å². The van der Waals surface area contributed by atoms with Crippen molar-refractivity contribution in [2.75, 3.05) is 0 Å². The predicted octanol–water partition coefficient (Wildman–Crippen LogP) is 4.75. The van der Waals surface area contributed by atoms with Crippen LogP contribution in [-0.4, -0.2) is 20.3 Å². The van der Waals surface area contributed by atoms with Gasteiger partial charge in [0.05, 0.1) is 11.3 Å². The van der Waals surface area contributed by atoms with Crippen molar-refractivity contribution in [3.05, 3.63) is 81.4 Å². The summed E-state index contributed by atoms with van der Waals surface area (Å²) >= 11 is 0. The fourth-order valence-electron chi connectivity index (χ4n) is 3.68. The fraction of sp³-hybridized carbons (Fsp3) is 0.364. The van der Waals surface area contributed by atoms with Gasteiger partial charge in [-0.2, -0.15) is 13.2 Å². The molecule has 1 saturated carbocycles. The molecule has 2 heterocycles. The van der Waals surface area contributed by atoms with E-state index in [1.807, 2.05) is 19.9 Å². The van der Waals surface area contributed by atoms with Crippen molar-refractivity contribution in [3.8, 4) is 0 Å². The molecule has 1 aliphatic rings. The Kier molecular flexibility index (Phi) is 4.94. The number of halogens is 3. The zero-order valence-electron chi connectivity index (χ0n) is 16.3. The van der Waals surface area contributed by atoms with E-state index in [1.165, 1.54) is 22.6 Å². The van der Waals surface area contributed by atoms with Gasteiger partial charge in [-0.25, -0.2) is 4.98 Å². The molecule has 0 N–H and O–H groups in total. The van der Waals surface area contributed by atoms with Gasteiger partial charge in [0.15, 0.2) is 0 Å². The van der Waals surface area contributed by atoms with Gasteiger partial charge in [-0.3, -0.25) is 14.1 Å². The Morgan fingerprint density at radius 1 is 1.21 bits per heavy atom. The average Bonchev–Trinajstić information content (AvgIpc) is 3.51. The van der Waals surface area contributed by atoms with E-state index in [0.717, 1.165) is 24.5 Å². The molecule has 0 spiro atoms. The first-order valence-electron chi connectivity index (χ1n) is 9.64. The lowest BCUT2D eigenvalue weighted by Crippen LogP contribution is -2.30. The van der Waals surface area contributed by atoms with Crippen LogP contribution in [0.4, 0.5) is 13.2 Å². The van der Waals surface area contributed by atoms with Gasteiger partial charge >= 0.3 is 6.18 Å². The number of aromatic nitrogens is 2. The molecule has 29 heavy (non-hydrogen) atoms. The van der Waals surface area contributed by atoms with Gasteiger partial charge < -0.3 is 0 Å². The van der Waals surface area contributed by atoms with Crippen LogP contribution in [0.2, 0.25) is 0 Å². The lowest BCUT2D eigenvalue weighted by Gasteiger charge is -2.29. The first-order valence-corrected chi connectivity index (χ1v) is 9.64. The van der Waals surface area contributed by atoms with E-state index in [4.69, 9.17) is 0 Å². The van der Waals surface area contributed by atoms with E-state index in [9.17, 15) is 18.0 Å². The molecule has 3 aromatic rings. The molecular weight excluding hydrogens is 379 g/mol. The van der Waals surface area contributed by atoms with Crippen molar-refractivity contribution in [2.24, 2.45) is 0 Å². The summed E-state index contributed by atoms with van der Waals surface area (Å²) in [6.45, 7) is 4.23. The Morgan fingerprint density at radius 3 is 2.66 bits per heavy atom. The highest BCUT2D eigenvalue weighted by molar-refractivity contribution is 5.40. The Hall–Kier alpha value is -2.67. The molecule has 2 aromatic heterocycles. The summed E-state index contributed by atoms with van der Waals surface area (Å²) in [5, 5.41) is 0. The zero-order chi connectivity index (χ0) is 20.8. The fourth-order valence-corrected chi connectivity index (χ4v) is 3.68. The largest absolute Gasteiger partial charge is 0.416 e. The smallest absolute Gasteiger partial charge is 0.288 e. The molecule has 1 aromatic carbocycles. The second kappa shape index (κ2) is 7.30. The third-order valence-corrected chi connectivity index (χ3v) is 5.41. The Bertz CT molecular complexity index is 1100. The van der Waals surface area contributed by atoms with Crippen molar-refractivity contribution in [2.45, 2.75) is 51.5 Å². The van der Waals surface area contributed by atoms with Gasteiger partial charge in [0, 0.05) is 30.9 Å². The summed E-state index contributed by atoms with van der Waals surface area (Å²) in [5.41, 5.74) is 1.98. The minimum Gasteiger partial charge on any atom is -0.288 e. The Morgan fingerprint density at radius 2 is 1.97 bits per heavy atom. The average molecular weight is 401 g/mol. The van der Waals surface area contributed by atoms with E-state index in [0.29, 0.717) is 23.4 Å². The normalized spacial score (nSPS) is 15.8. The molecule has 0 aliphatic heterocycles. The summed E-state index contributed by atoms with van der Waals surface area (Å²) in [5.74, 6) is 0. The zero-order valence-corrected chi connectivity index (χ0v) is 16.3. The van der Waals surface area contributed by atoms with Gasteiger partial charge in [0.1, 0.15) is 5.65 Å². The number of rotatable bonds is 5. The molecule has 152 valence electrons. The molecular formula is C22H22F3N3O. The lowest BCUT2D eigenvalue weighted by atomic mass is 10.0. The number of nitrogens with zero attached hydrogens (tertiary/aromatic N) is 3. The van der Waals surface area contributed by atoms with Gasteiger partial charge in [-0.15, -0.1) is 0 Å². The number of alkyl halides is 3. The maximum Gasteiger partial charge on any atom is 0.416 e. The number of hydrogen-bond donors (Lipinski definition) is 0. The number of pyridine rings is 1.